The lowest BCUT2D eigenvalue weighted by Gasteiger charge is -2.28. The van der Waals surface area contributed by atoms with E-state index in [9.17, 15) is 10.5 Å². The summed E-state index contributed by atoms with van der Waals surface area (Å²) in [5.41, 5.74) is 9.28. The van der Waals surface area contributed by atoms with E-state index in [0.717, 1.165) is 93.6 Å². The fourth-order valence-electron chi connectivity index (χ4n) is 9.73. The lowest BCUT2D eigenvalue weighted by Crippen LogP contribution is -2.28. The molecular weight excluding hydrogens is 817 g/mol. The molecule has 0 aromatic heterocycles. The number of hydrogen-bond acceptors (Lipinski definition) is 10. The minimum atomic E-state index is -0.284. The van der Waals surface area contributed by atoms with Crippen LogP contribution in [0.4, 0.5) is 11.4 Å². The van der Waals surface area contributed by atoms with Crippen molar-refractivity contribution in [3.8, 4) is 0 Å². The molecule has 9 nitrogen and oxygen atoms in total. The first-order chi connectivity index (χ1) is 29.7. The van der Waals surface area contributed by atoms with Crippen LogP contribution >= 0.6 is 24.1 Å². The number of hydrogen-bond donors (Lipinski definition) is 0. The molecule has 326 valence electrons. The summed E-state index contributed by atoms with van der Waals surface area (Å²) >= 11 is 2.07. The van der Waals surface area contributed by atoms with Gasteiger partial charge in [0.1, 0.15) is 18.1 Å². The molecule has 4 aromatic carbocycles. The molecular formula is C51H57N2O7S2-. The van der Waals surface area contributed by atoms with Gasteiger partial charge >= 0.3 is 0 Å². The number of nitrogens with zero attached hydrogens (tertiary/aromatic N) is 2. The molecule has 2 aliphatic carbocycles. The monoisotopic (exact) mass is 873 g/mol. The van der Waals surface area contributed by atoms with Crippen molar-refractivity contribution in [3.05, 3.63) is 155 Å². The lowest BCUT2D eigenvalue weighted by molar-refractivity contribution is -0.777. The molecule has 0 amide bonds. The number of fused-ring (bicyclic) bond motifs is 6. The van der Waals surface area contributed by atoms with Gasteiger partial charge < -0.3 is 20.2 Å². The van der Waals surface area contributed by atoms with Crippen LogP contribution in [0.25, 0.3) is 21.5 Å². The molecule has 0 atom stereocenters. The molecule has 11 heteroatoms. The van der Waals surface area contributed by atoms with E-state index in [-0.39, 0.29) is 18.3 Å². The summed E-state index contributed by atoms with van der Waals surface area (Å²) in [5.74, 6) is 3.15. The minimum Gasteiger partial charge on any atom is -0.691 e. The highest BCUT2D eigenvalue weighted by atomic mass is 32.2. The Bertz CT molecular complexity index is 2500. The Morgan fingerprint density at radius 1 is 0.758 bits per heavy atom. The van der Waals surface area contributed by atoms with E-state index < -0.39 is 0 Å². The van der Waals surface area contributed by atoms with Crippen molar-refractivity contribution in [2.75, 3.05) is 29.5 Å². The Balaban J connectivity index is 0.00000578. The van der Waals surface area contributed by atoms with Crippen LogP contribution in [-0.2, 0) is 34.3 Å². The Labute approximate surface area is 374 Å². The van der Waals surface area contributed by atoms with Gasteiger partial charge in [-0.2, -0.15) is 13.2 Å². The number of anilines is 1. The summed E-state index contributed by atoms with van der Waals surface area (Å²) in [5, 5.41) is 33.1. The minimum absolute atomic E-state index is 0. The summed E-state index contributed by atoms with van der Waals surface area (Å²) in [6.45, 7) is 10.8. The van der Waals surface area contributed by atoms with Crippen LogP contribution in [-0.4, -0.2) is 34.9 Å². The molecule has 0 fully saturated rings. The number of benzene rings is 4. The Kier molecular flexibility index (Phi) is 15.0. The number of rotatable bonds is 17. The van der Waals surface area contributed by atoms with E-state index in [0.29, 0.717) is 11.5 Å². The average Bonchev–Trinajstić information content (AvgIpc) is 3.63. The van der Waals surface area contributed by atoms with Crippen LogP contribution in [0.1, 0.15) is 91.2 Å². The fourth-order valence-corrected chi connectivity index (χ4v) is 10.4. The van der Waals surface area contributed by atoms with Gasteiger partial charge in [-0.05, 0) is 115 Å². The maximum absolute atomic E-state index is 10.5. The normalized spacial score (nSPS) is 19.3. The van der Waals surface area contributed by atoms with Gasteiger partial charge in [0.2, 0.25) is 5.69 Å². The van der Waals surface area contributed by atoms with Crippen LogP contribution in [0, 0.1) is 0 Å². The molecule has 4 aliphatic rings. The summed E-state index contributed by atoms with van der Waals surface area (Å²) < 4.78 is 18.6. The summed E-state index contributed by atoms with van der Waals surface area (Å²) in [6, 6.07) is 26.2. The van der Waals surface area contributed by atoms with E-state index in [2.05, 4.69) is 171 Å². The van der Waals surface area contributed by atoms with Crippen LogP contribution in [0.15, 0.2) is 144 Å². The summed E-state index contributed by atoms with van der Waals surface area (Å²) in [6.07, 6.45) is 21.8. The first-order valence-electron chi connectivity index (χ1n) is 21.2. The zero-order chi connectivity index (χ0) is 42.4. The molecule has 0 bridgehead atoms. The van der Waals surface area contributed by atoms with E-state index in [1.807, 2.05) is 0 Å². The largest absolute Gasteiger partial charge is 0.691 e. The third kappa shape index (κ3) is 9.28. The van der Waals surface area contributed by atoms with Gasteiger partial charge in [0.15, 0.2) is 5.71 Å². The van der Waals surface area contributed by atoms with E-state index in [1.54, 1.807) is 0 Å². The van der Waals surface area contributed by atoms with E-state index in [4.69, 9.17) is 4.74 Å². The van der Waals surface area contributed by atoms with Crippen molar-refractivity contribution in [1.29, 1.82) is 0 Å². The third-order valence-electron chi connectivity index (χ3n) is 12.4. The van der Waals surface area contributed by atoms with Crippen LogP contribution in [0.5, 0.6) is 0 Å². The summed E-state index contributed by atoms with van der Waals surface area (Å²) in [4.78, 5) is 2.44. The SMILES string of the molecule is C.CC1(C)C(/C=C/C2=C(OC3=CC=CCC3)C(=C/C=C3\N(CCCSOO[O-])c4ccc5ccccc5c4C3(C)C)/CCC2)=[N+](CCCSOO[O-])c2ccc3ccccc3c21. The predicted molar refractivity (Wildman–Crippen MR) is 250 cm³/mol. The molecule has 0 spiro atoms. The van der Waals surface area contributed by atoms with Gasteiger partial charge in [-0.3, -0.25) is 10.1 Å². The van der Waals surface area contributed by atoms with E-state index in [1.165, 1.54) is 66.6 Å². The standard InChI is InChI=1S/C50H54N2O7S2.CH4/c1-49(2)44(51(31-13-33-60-58-56-53)42-27-23-35-15-8-10-21-40(35)46(42)49)29-25-37-17-12-18-38(48(37)55-39-19-6-5-7-20-39)26-30-45-50(3,4)47-41-22-11-9-16-36(41)24-28-43(47)52(45)32-14-34-61-59-57-54;/h5-6,8-11,15-16,19,21-30H,7,12-14,17-18,20,31-34H2,1-4H3,(H-,53,54);1H4/p-1. The van der Waals surface area contributed by atoms with Gasteiger partial charge in [-0.25, -0.2) is 0 Å². The molecule has 2 heterocycles. The maximum Gasteiger partial charge on any atom is 0.210 e. The quantitative estimate of drug-likeness (QED) is 0.0335. The first-order valence-corrected chi connectivity index (χ1v) is 23.1. The van der Waals surface area contributed by atoms with Gasteiger partial charge in [0, 0.05) is 89.5 Å². The maximum atomic E-state index is 10.5. The highest BCUT2D eigenvalue weighted by Crippen LogP contribution is 2.51. The summed E-state index contributed by atoms with van der Waals surface area (Å²) in [7, 11) is 0. The Morgan fingerprint density at radius 3 is 2.16 bits per heavy atom. The highest BCUT2D eigenvalue weighted by Gasteiger charge is 2.45. The molecule has 8 rings (SSSR count). The Morgan fingerprint density at radius 2 is 1.45 bits per heavy atom. The van der Waals surface area contributed by atoms with E-state index >= 15 is 0 Å². The number of ether oxygens (including phenoxy) is 1. The molecule has 0 N–H and O–H groups in total. The van der Waals surface area contributed by atoms with Crippen LogP contribution < -0.4 is 15.4 Å². The highest BCUT2D eigenvalue weighted by molar-refractivity contribution is 7.94. The van der Waals surface area contributed by atoms with Gasteiger partial charge in [0.25, 0.3) is 0 Å². The van der Waals surface area contributed by atoms with Gasteiger partial charge in [0.05, 0.1) is 5.41 Å². The van der Waals surface area contributed by atoms with Gasteiger partial charge in [-0.1, -0.05) is 94.1 Å². The van der Waals surface area contributed by atoms with Crippen molar-refractivity contribution in [2.45, 2.75) is 90.9 Å². The van der Waals surface area contributed by atoms with Crippen molar-refractivity contribution in [2.24, 2.45) is 0 Å². The second-order valence-corrected chi connectivity index (χ2v) is 18.5. The molecule has 0 saturated heterocycles. The van der Waals surface area contributed by atoms with Crippen molar-refractivity contribution < 1.29 is 38.6 Å². The third-order valence-corrected chi connectivity index (χ3v) is 13.7. The second-order valence-electron chi connectivity index (χ2n) is 16.9. The fraction of sp³-hybridized carbons (Fsp3) is 0.353. The zero-order valence-corrected chi connectivity index (χ0v) is 36.9. The smallest absolute Gasteiger partial charge is 0.210 e. The molecule has 62 heavy (non-hydrogen) atoms. The average molecular weight is 874 g/mol. The molecule has 0 saturated carbocycles. The molecule has 4 aromatic rings. The second kappa shape index (κ2) is 20.4. The van der Waals surface area contributed by atoms with Crippen molar-refractivity contribution >= 4 is 62.7 Å². The molecule has 0 unspecified atom stereocenters. The van der Waals surface area contributed by atoms with Gasteiger partial charge in [-0.15, -0.1) is 0 Å². The van der Waals surface area contributed by atoms with Crippen molar-refractivity contribution in [3.63, 3.8) is 0 Å². The van der Waals surface area contributed by atoms with Crippen molar-refractivity contribution in [1.82, 2.24) is 0 Å². The topological polar surface area (TPSA) is 98.5 Å². The molecule has 2 aliphatic heterocycles. The first kappa shape index (κ1) is 45.6. The number of allylic oxidation sites excluding steroid dienone is 11. The van der Waals surface area contributed by atoms with Crippen LogP contribution in [0.2, 0.25) is 0 Å². The molecule has 0 radical (unpaired) electrons. The Hall–Kier alpha value is -4.43. The predicted octanol–water partition coefficient (Wildman–Crippen LogP) is 11.4. The van der Waals surface area contributed by atoms with Crippen LogP contribution in [0.3, 0.4) is 0 Å². The zero-order valence-electron chi connectivity index (χ0n) is 35.3. The lowest BCUT2D eigenvalue weighted by atomic mass is 9.78.